The molecule has 0 aliphatic heterocycles. The van der Waals surface area contributed by atoms with Crippen molar-refractivity contribution in [1.29, 1.82) is 0 Å². The molecule has 118 valence electrons. The molecule has 0 saturated heterocycles. The van der Waals surface area contributed by atoms with Crippen LogP contribution in [0.2, 0.25) is 0 Å². The van der Waals surface area contributed by atoms with E-state index in [0.29, 0.717) is 0 Å². The maximum absolute atomic E-state index is 5.73. The van der Waals surface area contributed by atoms with Crippen LogP contribution in [0.4, 0.5) is 0 Å². The van der Waals surface area contributed by atoms with E-state index in [-0.39, 0.29) is 0 Å². The van der Waals surface area contributed by atoms with E-state index in [2.05, 4.69) is 54.1 Å². The van der Waals surface area contributed by atoms with Crippen LogP contribution in [0.1, 0.15) is 11.1 Å². The number of nitrogens with one attached hydrogen (secondary N) is 1. The molecule has 0 saturated carbocycles. The number of benzene rings is 2. The van der Waals surface area contributed by atoms with Crippen molar-refractivity contribution in [2.75, 3.05) is 0 Å². The molecule has 0 unspecified atom stereocenters. The first-order valence-corrected chi connectivity index (χ1v) is 8.28. The van der Waals surface area contributed by atoms with Crippen LogP contribution in [0.3, 0.4) is 0 Å². The van der Waals surface area contributed by atoms with Crippen molar-refractivity contribution in [2.45, 2.75) is 13.8 Å². The Kier molecular flexibility index (Phi) is 3.54. The Balaban J connectivity index is 1.91. The second-order valence-corrected chi connectivity index (χ2v) is 6.41. The zero-order valence-corrected chi connectivity index (χ0v) is 14.4. The molecule has 24 heavy (non-hydrogen) atoms. The van der Waals surface area contributed by atoms with Crippen molar-refractivity contribution >= 4 is 18.0 Å². The third-order valence-electron chi connectivity index (χ3n) is 4.25. The molecule has 2 aromatic carbocycles. The number of hydrogen-bond acceptors (Lipinski definition) is 2. The SMILES string of the molecule is Cc1ccc(-c2cnc3[nH]c(-c4ccccc4)cn3c2=S)c(C)c1. The van der Waals surface area contributed by atoms with E-state index in [1.54, 1.807) is 0 Å². The summed E-state index contributed by atoms with van der Waals surface area (Å²) in [5, 5.41) is 0. The Hall–Kier alpha value is -2.72. The van der Waals surface area contributed by atoms with Crippen molar-refractivity contribution < 1.29 is 0 Å². The summed E-state index contributed by atoms with van der Waals surface area (Å²) in [5.41, 5.74) is 6.70. The van der Waals surface area contributed by atoms with Crippen LogP contribution in [0.15, 0.2) is 60.9 Å². The minimum atomic E-state index is 0.757. The number of aromatic amines is 1. The predicted octanol–water partition coefficient (Wildman–Crippen LogP) is 5.34. The van der Waals surface area contributed by atoms with E-state index >= 15 is 0 Å². The molecule has 3 nitrogen and oxygen atoms in total. The lowest BCUT2D eigenvalue weighted by molar-refractivity contribution is 1.09. The zero-order chi connectivity index (χ0) is 16.7. The molecule has 4 rings (SSSR count). The lowest BCUT2D eigenvalue weighted by Gasteiger charge is -2.07. The fraction of sp³-hybridized carbons (Fsp3) is 0.100. The second-order valence-electron chi connectivity index (χ2n) is 6.02. The van der Waals surface area contributed by atoms with E-state index < -0.39 is 0 Å². The average Bonchev–Trinajstić information content (AvgIpc) is 3.02. The van der Waals surface area contributed by atoms with Gasteiger partial charge in [0.05, 0.1) is 5.69 Å². The van der Waals surface area contributed by atoms with Gasteiger partial charge in [-0.15, -0.1) is 0 Å². The first-order valence-electron chi connectivity index (χ1n) is 7.87. The van der Waals surface area contributed by atoms with E-state index in [1.807, 2.05) is 35.0 Å². The predicted molar refractivity (Wildman–Crippen MR) is 101 cm³/mol. The summed E-state index contributed by atoms with van der Waals surface area (Å²) in [6, 6.07) is 16.6. The Morgan fingerprint density at radius 1 is 1.00 bits per heavy atom. The summed E-state index contributed by atoms with van der Waals surface area (Å²) in [4.78, 5) is 7.91. The lowest BCUT2D eigenvalue weighted by Crippen LogP contribution is -1.94. The molecule has 4 aromatic rings. The lowest BCUT2D eigenvalue weighted by atomic mass is 10.0. The van der Waals surface area contributed by atoms with Gasteiger partial charge in [-0.25, -0.2) is 4.98 Å². The monoisotopic (exact) mass is 331 g/mol. The molecule has 4 heteroatoms. The summed E-state index contributed by atoms with van der Waals surface area (Å²) >= 11 is 5.73. The van der Waals surface area contributed by atoms with Gasteiger partial charge in [0.25, 0.3) is 0 Å². The van der Waals surface area contributed by atoms with Gasteiger partial charge in [0, 0.05) is 18.0 Å². The van der Waals surface area contributed by atoms with Crippen molar-refractivity contribution in [1.82, 2.24) is 14.4 Å². The molecule has 0 bridgehead atoms. The number of imidazole rings is 1. The second kappa shape index (κ2) is 5.73. The number of rotatable bonds is 2. The van der Waals surface area contributed by atoms with Gasteiger partial charge in [0.15, 0.2) is 0 Å². The maximum Gasteiger partial charge on any atom is 0.212 e. The van der Waals surface area contributed by atoms with E-state index in [4.69, 9.17) is 12.2 Å². The van der Waals surface area contributed by atoms with Crippen LogP contribution in [0.5, 0.6) is 0 Å². The average molecular weight is 331 g/mol. The van der Waals surface area contributed by atoms with Gasteiger partial charge in [-0.3, -0.25) is 4.40 Å². The highest BCUT2D eigenvalue weighted by Crippen LogP contribution is 2.26. The van der Waals surface area contributed by atoms with Gasteiger partial charge < -0.3 is 4.98 Å². The number of nitrogens with zero attached hydrogens (tertiary/aromatic N) is 2. The number of aryl methyl sites for hydroxylation is 2. The molecule has 0 amide bonds. The molecule has 1 N–H and O–H groups in total. The quantitative estimate of drug-likeness (QED) is 0.503. The van der Waals surface area contributed by atoms with Crippen LogP contribution in [-0.4, -0.2) is 14.4 Å². The highest BCUT2D eigenvalue weighted by molar-refractivity contribution is 7.71. The van der Waals surface area contributed by atoms with Crippen LogP contribution >= 0.6 is 12.2 Å². The summed E-state index contributed by atoms with van der Waals surface area (Å²) in [7, 11) is 0. The maximum atomic E-state index is 5.73. The third kappa shape index (κ3) is 2.45. The van der Waals surface area contributed by atoms with Crippen molar-refractivity contribution in [2.24, 2.45) is 0 Å². The fourth-order valence-corrected chi connectivity index (χ4v) is 3.33. The number of H-pyrrole nitrogens is 1. The molecule has 0 radical (unpaired) electrons. The molecule has 2 heterocycles. The van der Waals surface area contributed by atoms with Crippen LogP contribution in [-0.2, 0) is 0 Å². The van der Waals surface area contributed by atoms with Gasteiger partial charge in [-0.1, -0.05) is 66.3 Å². The summed E-state index contributed by atoms with van der Waals surface area (Å²) in [6.45, 7) is 4.21. The largest absolute Gasteiger partial charge is 0.323 e. The van der Waals surface area contributed by atoms with Crippen LogP contribution < -0.4 is 0 Å². The molecule has 0 spiro atoms. The smallest absolute Gasteiger partial charge is 0.212 e. The summed E-state index contributed by atoms with van der Waals surface area (Å²) in [6.07, 6.45) is 3.88. The van der Waals surface area contributed by atoms with E-state index in [1.165, 1.54) is 11.1 Å². The van der Waals surface area contributed by atoms with Crippen molar-refractivity contribution in [3.8, 4) is 22.4 Å². The standard InChI is InChI=1S/C20H17N3S/c1-13-8-9-16(14(2)10-13)17-11-21-20-22-18(12-23(20)19(17)24)15-6-4-3-5-7-15/h3-12H,1-2H3,(H,21,22). The highest BCUT2D eigenvalue weighted by Gasteiger charge is 2.10. The molecule has 0 aliphatic rings. The van der Waals surface area contributed by atoms with E-state index in [9.17, 15) is 0 Å². The van der Waals surface area contributed by atoms with E-state index in [0.717, 1.165) is 32.8 Å². The molecule has 0 atom stereocenters. The third-order valence-corrected chi connectivity index (χ3v) is 4.67. The fourth-order valence-electron chi connectivity index (χ4n) is 3.03. The van der Waals surface area contributed by atoms with Crippen molar-refractivity contribution in [3.63, 3.8) is 0 Å². The molecule has 2 aromatic heterocycles. The molecular formula is C20H17N3S. The molecule has 0 fully saturated rings. The number of fused-ring (bicyclic) bond motifs is 1. The number of hydrogen-bond donors (Lipinski definition) is 1. The summed E-state index contributed by atoms with van der Waals surface area (Å²) < 4.78 is 2.72. The van der Waals surface area contributed by atoms with Gasteiger partial charge >= 0.3 is 0 Å². The normalized spacial score (nSPS) is 11.1. The Bertz CT molecular complexity index is 1090. The molecule has 0 aliphatic carbocycles. The first kappa shape index (κ1) is 14.8. The van der Waals surface area contributed by atoms with Gasteiger partial charge in [0.1, 0.15) is 4.64 Å². The minimum absolute atomic E-state index is 0.757. The van der Waals surface area contributed by atoms with Crippen molar-refractivity contribution in [3.05, 3.63) is 76.7 Å². The minimum Gasteiger partial charge on any atom is -0.323 e. The Labute approximate surface area is 145 Å². The zero-order valence-electron chi connectivity index (χ0n) is 13.6. The van der Waals surface area contributed by atoms with Gasteiger partial charge in [-0.05, 0) is 30.5 Å². The topological polar surface area (TPSA) is 33.1 Å². The Morgan fingerprint density at radius 2 is 1.79 bits per heavy atom. The first-order chi connectivity index (χ1) is 11.6. The van der Waals surface area contributed by atoms with Crippen LogP contribution in [0, 0.1) is 18.5 Å². The van der Waals surface area contributed by atoms with Crippen LogP contribution in [0.25, 0.3) is 28.2 Å². The number of aromatic nitrogens is 3. The summed E-state index contributed by atoms with van der Waals surface area (Å²) in [5.74, 6) is 0.757. The van der Waals surface area contributed by atoms with Gasteiger partial charge in [0.2, 0.25) is 5.78 Å². The Morgan fingerprint density at radius 3 is 2.54 bits per heavy atom. The van der Waals surface area contributed by atoms with Gasteiger partial charge in [-0.2, -0.15) is 0 Å². The highest BCUT2D eigenvalue weighted by atomic mass is 32.1. The molecular weight excluding hydrogens is 314 g/mol.